The summed E-state index contributed by atoms with van der Waals surface area (Å²) in [5, 5.41) is 20.6. The smallest absolute Gasteiger partial charge is 0.164 e. The highest BCUT2D eigenvalue weighted by Crippen LogP contribution is 2.47. The molecule has 34 heavy (non-hydrogen) atoms. The standard InChI is InChI=1S/C27H26FNO4S/c28-23-11-4-18(16-24(23)31)27-26(22-10-5-19(30)17-25(22)34-27)33-21-8-6-20(7-9-21)32-15-14-29-12-2-1-3-13-29/h4-11,16-17,30-31H,1-3,12-15H2. The molecule has 1 aliphatic heterocycles. The Hall–Kier alpha value is -3.29. The minimum absolute atomic E-state index is 0.153. The highest BCUT2D eigenvalue weighted by Gasteiger charge is 2.18. The van der Waals surface area contributed by atoms with Crippen LogP contribution in [0.1, 0.15) is 19.3 Å². The normalized spacial score (nSPS) is 14.4. The van der Waals surface area contributed by atoms with Gasteiger partial charge in [0.15, 0.2) is 17.3 Å². The summed E-state index contributed by atoms with van der Waals surface area (Å²) in [5.41, 5.74) is 0.632. The van der Waals surface area contributed by atoms with Crippen LogP contribution in [-0.4, -0.2) is 41.4 Å². The quantitative estimate of drug-likeness (QED) is 0.306. The summed E-state index contributed by atoms with van der Waals surface area (Å²) in [5.74, 6) is 1.05. The molecule has 2 heterocycles. The van der Waals surface area contributed by atoms with Crippen molar-refractivity contribution < 1.29 is 24.1 Å². The van der Waals surface area contributed by atoms with E-state index in [0.29, 0.717) is 23.7 Å². The monoisotopic (exact) mass is 479 g/mol. The van der Waals surface area contributed by atoms with Gasteiger partial charge in [0.1, 0.15) is 23.9 Å². The van der Waals surface area contributed by atoms with Crippen molar-refractivity contribution in [2.75, 3.05) is 26.2 Å². The number of aromatic hydroxyl groups is 2. The van der Waals surface area contributed by atoms with Crippen molar-refractivity contribution in [2.45, 2.75) is 19.3 Å². The minimum atomic E-state index is -0.680. The second kappa shape index (κ2) is 9.91. The maximum Gasteiger partial charge on any atom is 0.164 e. The number of phenolic OH excluding ortho intramolecular Hbond substituents is 2. The van der Waals surface area contributed by atoms with Crippen LogP contribution >= 0.6 is 11.3 Å². The number of nitrogens with zero attached hydrogens (tertiary/aromatic N) is 1. The van der Waals surface area contributed by atoms with Gasteiger partial charge in [-0.05, 0) is 86.1 Å². The van der Waals surface area contributed by atoms with Crippen LogP contribution in [0.15, 0.2) is 60.7 Å². The first-order chi connectivity index (χ1) is 16.6. The first-order valence-electron chi connectivity index (χ1n) is 11.4. The zero-order valence-corrected chi connectivity index (χ0v) is 19.5. The molecule has 7 heteroatoms. The molecule has 1 fully saturated rings. The molecule has 0 aliphatic carbocycles. The lowest BCUT2D eigenvalue weighted by atomic mass is 10.1. The minimum Gasteiger partial charge on any atom is -0.508 e. The Bertz CT molecular complexity index is 1280. The van der Waals surface area contributed by atoms with Gasteiger partial charge in [-0.15, -0.1) is 11.3 Å². The van der Waals surface area contributed by atoms with Gasteiger partial charge in [0.05, 0.1) is 4.88 Å². The number of likely N-dealkylation sites (tertiary alicyclic amines) is 1. The van der Waals surface area contributed by atoms with Gasteiger partial charge < -0.3 is 19.7 Å². The lowest BCUT2D eigenvalue weighted by molar-refractivity contribution is 0.183. The number of fused-ring (bicyclic) bond motifs is 1. The van der Waals surface area contributed by atoms with Crippen molar-refractivity contribution in [1.29, 1.82) is 0 Å². The van der Waals surface area contributed by atoms with Crippen LogP contribution in [0.4, 0.5) is 4.39 Å². The highest BCUT2D eigenvalue weighted by atomic mass is 32.1. The Kier molecular flexibility index (Phi) is 6.56. The van der Waals surface area contributed by atoms with Gasteiger partial charge >= 0.3 is 0 Å². The third kappa shape index (κ3) is 4.95. The van der Waals surface area contributed by atoms with Crippen molar-refractivity contribution in [3.63, 3.8) is 0 Å². The van der Waals surface area contributed by atoms with Gasteiger partial charge in [-0.3, -0.25) is 4.90 Å². The molecule has 0 atom stereocenters. The fourth-order valence-corrected chi connectivity index (χ4v) is 5.36. The van der Waals surface area contributed by atoms with E-state index < -0.39 is 11.6 Å². The molecule has 1 aliphatic rings. The first-order valence-corrected chi connectivity index (χ1v) is 12.3. The van der Waals surface area contributed by atoms with Gasteiger partial charge in [-0.2, -0.15) is 0 Å². The average Bonchev–Trinajstić information content (AvgIpc) is 3.20. The van der Waals surface area contributed by atoms with E-state index >= 15 is 0 Å². The highest BCUT2D eigenvalue weighted by molar-refractivity contribution is 7.22. The van der Waals surface area contributed by atoms with Gasteiger partial charge in [0, 0.05) is 16.6 Å². The lowest BCUT2D eigenvalue weighted by Gasteiger charge is -2.26. The van der Waals surface area contributed by atoms with Crippen LogP contribution < -0.4 is 9.47 Å². The maximum absolute atomic E-state index is 13.6. The third-order valence-corrected chi connectivity index (χ3v) is 7.19. The topological polar surface area (TPSA) is 62.2 Å². The van der Waals surface area contributed by atoms with Crippen molar-refractivity contribution >= 4 is 21.4 Å². The summed E-state index contributed by atoms with van der Waals surface area (Å²) in [7, 11) is 0. The number of ether oxygens (including phenoxy) is 2. The Balaban J connectivity index is 1.36. The largest absolute Gasteiger partial charge is 0.508 e. The summed E-state index contributed by atoms with van der Waals surface area (Å²) < 4.78 is 26.6. The number of thiophene rings is 1. The summed E-state index contributed by atoms with van der Waals surface area (Å²) in [4.78, 5) is 3.17. The van der Waals surface area contributed by atoms with Crippen molar-refractivity contribution in [2.24, 2.45) is 0 Å². The molecule has 176 valence electrons. The van der Waals surface area contributed by atoms with Crippen molar-refractivity contribution in [3.8, 4) is 39.2 Å². The SMILES string of the molecule is Oc1ccc2c(Oc3ccc(OCCN4CCCCC4)cc3)c(-c3ccc(F)c(O)c3)sc2c1. The Morgan fingerprint density at radius 3 is 2.41 bits per heavy atom. The molecule has 3 aromatic carbocycles. The van der Waals surface area contributed by atoms with Crippen molar-refractivity contribution in [3.05, 3.63) is 66.5 Å². The van der Waals surface area contributed by atoms with E-state index in [4.69, 9.17) is 9.47 Å². The zero-order chi connectivity index (χ0) is 23.5. The second-order valence-electron chi connectivity index (χ2n) is 8.43. The molecular formula is C27H26FNO4S. The Morgan fingerprint density at radius 1 is 0.882 bits per heavy atom. The zero-order valence-electron chi connectivity index (χ0n) is 18.7. The van der Waals surface area contributed by atoms with E-state index in [1.807, 2.05) is 24.3 Å². The number of hydrogen-bond acceptors (Lipinski definition) is 6. The third-order valence-electron chi connectivity index (χ3n) is 6.00. The van der Waals surface area contributed by atoms with Gasteiger partial charge in [0.25, 0.3) is 0 Å². The van der Waals surface area contributed by atoms with Gasteiger partial charge in [0.2, 0.25) is 0 Å². The molecular weight excluding hydrogens is 453 g/mol. The molecule has 0 amide bonds. The van der Waals surface area contributed by atoms with Gasteiger partial charge in [-0.25, -0.2) is 4.39 Å². The van der Waals surface area contributed by atoms with Gasteiger partial charge in [-0.1, -0.05) is 12.5 Å². The van der Waals surface area contributed by atoms with Crippen LogP contribution in [0.5, 0.6) is 28.7 Å². The molecule has 4 aromatic rings. The predicted molar refractivity (Wildman–Crippen MR) is 133 cm³/mol. The number of halogens is 1. The first kappa shape index (κ1) is 22.5. The van der Waals surface area contributed by atoms with Crippen LogP contribution in [-0.2, 0) is 0 Å². The van der Waals surface area contributed by atoms with Crippen LogP contribution in [0.25, 0.3) is 20.5 Å². The van der Waals surface area contributed by atoms with E-state index in [1.165, 1.54) is 42.7 Å². The summed E-state index contributed by atoms with van der Waals surface area (Å²) in [6.45, 7) is 3.88. The molecule has 2 N–H and O–H groups in total. The molecule has 0 unspecified atom stereocenters. The number of piperidine rings is 1. The molecule has 1 aromatic heterocycles. The number of phenols is 2. The average molecular weight is 480 g/mol. The summed E-state index contributed by atoms with van der Waals surface area (Å²) in [6, 6.07) is 16.8. The summed E-state index contributed by atoms with van der Waals surface area (Å²) >= 11 is 1.40. The summed E-state index contributed by atoms with van der Waals surface area (Å²) in [6.07, 6.45) is 3.86. The van der Waals surface area contributed by atoms with E-state index in [2.05, 4.69) is 4.90 Å². The maximum atomic E-state index is 13.6. The number of benzene rings is 3. The lowest BCUT2D eigenvalue weighted by Crippen LogP contribution is -2.33. The fourth-order valence-electron chi connectivity index (χ4n) is 4.20. The van der Waals surface area contributed by atoms with E-state index in [9.17, 15) is 14.6 Å². The molecule has 1 saturated heterocycles. The molecule has 0 spiro atoms. The van der Waals surface area contributed by atoms with Crippen molar-refractivity contribution in [1.82, 2.24) is 4.90 Å². The molecule has 5 rings (SSSR count). The van der Waals surface area contributed by atoms with Crippen LogP contribution in [0, 0.1) is 5.82 Å². The van der Waals surface area contributed by atoms with Crippen LogP contribution in [0.2, 0.25) is 0 Å². The fraction of sp³-hybridized carbons (Fsp3) is 0.259. The molecule has 0 bridgehead atoms. The number of hydrogen-bond donors (Lipinski definition) is 2. The second-order valence-corrected chi connectivity index (χ2v) is 9.48. The molecule has 5 nitrogen and oxygen atoms in total. The molecule has 0 saturated carbocycles. The molecule has 0 radical (unpaired) electrons. The Morgan fingerprint density at radius 2 is 1.65 bits per heavy atom. The predicted octanol–water partition coefficient (Wildman–Crippen LogP) is 6.78. The van der Waals surface area contributed by atoms with E-state index in [1.54, 1.807) is 24.3 Å². The van der Waals surface area contributed by atoms with Crippen LogP contribution in [0.3, 0.4) is 0 Å². The Labute approximate surface area is 201 Å². The number of rotatable bonds is 7. The van der Waals surface area contributed by atoms with E-state index in [0.717, 1.165) is 40.3 Å². The van der Waals surface area contributed by atoms with E-state index in [-0.39, 0.29) is 5.75 Å².